The summed E-state index contributed by atoms with van der Waals surface area (Å²) in [6.07, 6.45) is 6.61. The predicted molar refractivity (Wildman–Crippen MR) is 44.6 cm³/mol. The zero-order chi connectivity index (χ0) is 7.68. The second-order valence-electron chi connectivity index (χ2n) is 3.28. The number of H-pyrrole nitrogens is 1. The van der Waals surface area contributed by atoms with Crippen LogP contribution < -0.4 is 4.90 Å². The van der Waals surface area contributed by atoms with E-state index in [4.69, 9.17) is 0 Å². The van der Waals surface area contributed by atoms with Gasteiger partial charge in [-0.1, -0.05) is 0 Å². The highest BCUT2D eigenvalue weighted by Gasteiger charge is 2.22. The van der Waals surface area contributed by atoms with Crippen LogP contribution in [0.3, 0.4) is 0 Å². The van der Waals surface area contributed by atoms with E-state index < -0.39 is 0 Å². The molecular weight excluding hydrogens is 138 g/mol. The van der Waals surface area contributed by atoms with Gasteiger partial charge >= 0.3 is 0 Å². The molecule has 2 rings (SSSR count). The summed E-state index contributed by atoms with van der Waals surface area (Å²) in [7, 11) is 2.11. The lowest BCUT2D eigenvalue weighted by atomic mass is 10.4. The molecule has 11 heavy (non-hydrogen) atoms. The van der Waals surface area contributed by atoms with Crippen LogP contribution in [-0.4, -0.2) is 23.8 Å². The van der Waals surface area contributed by atoms with Gasteiger partial charge in [0.05, 0.1) is 11.9 Å². The van der Waals surface area contributed by atoms with Crippen LogP contribution in [0.2, 0.25) is 0 Å². The maximum atomic E-state index is 3.90. The quantitative estimate of drug-likeness (QED) is 0.705. The van der Waals surface area contributed by atoms with E-state index in [0.29, 0.717) is 0 Å². The number of hydrogen-bond donors (Lipinski definition) is 1. The van der Waals surface area contributed by atoms with Crippen LogP contribution >= 0.6 is 0 Å². The van der Waals surface area contributed by atoms with Crippen molar-refractivity contribution in [3.05, 3.63) is 12.4 Å². The predicted octanol–water partition coefficient (Wildman–Crippen LogP) is 1.26. The lowest BCUT2D eigenvalue weighted by Gasteiger charge is -2.15. The fraction of sp³-hybridized carbons (Fsp3) is 0.625. The number of rotatable bonds is 3. The van der Waals surface area contributed by atoms with Crippen molar-refractivity contribution in [2.45, 2.75) is 12.8 Å². The molecule has 3 nitrogen and oxygen atoms in total. The van der Waals surface area contributed by atoms with Crippen LogP contribution in [0.4, 0.5) is 5.69 Å². The lowest BCUT2D eigenvalue weighted by Crippen LogP contribution is -2.19. The van der Waals surface area contributed by atoms with Gasteiger partial charge in [0.2, 0.25) is 0 Å². The third-order valence-corrected chi connectivity index (χ3v) is 2.15. The largest absolute Gasteiger partial charge is 0.372 e. The molecule has 0 bridgehead atoms. The van der Waals surface area contributed by atoms with E-state index in [1.807, 2.05) is 12.4 Å². The number of aromatic nitrogens is 2. The topological polar surface area (TPSA) is 31.9 Å². The molecule has 1 aliphatic carbocycles. The molecule has 1 aromatic rings. The first-order chi connectivity index (χ1) is 5.36. The number of nitrogens with zero attached hydrogens (tertiary/aromatic N) is 2. The van der Waals surface area contributed by atoms with Gasteiger partial charge in [-0.3, -0.25) is 5.10 Å². The van der Waals surface area contributed by atoms with Gasteiger partial charge in [0.25, 0.3) is 0 Å². The molecule has 0 aliphatic heterocycles. The maximum Gasteiger partial charge on any atom is 0.0747 e. The average Bonchev–Trinajstić information content (AvgIpc) is 2.67. The van der Waals surface area contributed by atoms with Crippen LogP contribution in [0, 0.1) is 5.92 Å². The minimum Gasteiger partial charge on any atom is -0.372 e. The minimum absolute atomic E-state index is 0.940. The van der Waals surface area contributed by atoms with E-state index in [0.717, 1.165) is 5.92 Å². The summed E-state index contributed by atoms with van der Waals surface area (Å²) in [4.78, 5) is 2.25. The van der Waals surface area contributed by atoms with E-state index in [-0.39, 0.29) is 0 Å². The van der Waals surface area contributed by atoms with E-state index >= 15 is 0 Å². The third kappa shape index (κ3) is 1.53. The first-order valence-electron chi connectivity index (χ1n) is 4.06. The maximum absolute atomic E-state index is 3.90. The van der Waals surface area contributed by atoms with Crippen molar-refractivity contribution in [1.82, 2.24) is 10.2 Å². The van der Waals surface area contributed by atoms with Gasteiger partial charge in [-0.2, -0.15) is 5.10 Å². The van der Waals surface area contributed by atoms with Crippen LogP contribution in [0.15, 0.2) is 12.4 Å². The first-order valence-corrected chi connectivity index (χ1v) is 4.06. The summed E-state index contributed by atoms with van der Waals surface area (Å²) in [5, 5.41) is 6.72. The van der Waals surface area contributed by atoms with Crippen molar-refractivity contribution in [1.29, 1.82) is 0 Å². The van der Waals surface area contributed by atoms with Crippen LogP contribution in [0.25, 0.3) is 0 Å². The van der Waals surface area contributed by atoms with Gasteiger partial charge in [0.15, 0.2) is 0 Å². The molecule has 60 valence electrons. The fourth-order valence-corrected chi connectivity index (χ4v) is 1.25. The first kappa shape index (κ1) is 6.70. The molecule has 1 heterocycles. The van der Waals surface area contributed by atoms with Crippen LogP contribution in [0.5, 0.6) is 0 Å². The second-order valence-corrected chi connectivity index (χ2v) is 3.28. The van der Waals surface area contributed by atoms with Gasteiger partial charge in [0.1, 0.15) is 0 Å². The molecule has 1 saturated carbocycles. The van der Waals surface area contributed by atoms with Gasteiger partial charge in [-0.15, -0.1) is 0 Å². The lowest BCUT2D eigenvalue weighted by molar-refractivity contribution is 0.788. The van der Waals surface area contributed by atoms with Crippen molar-refractivity contribution in [2.24, 2.45) is 5.92 Å². The molecule has 0 radical (unpaired) electrons. The summed E-state index contributed by atoms with van der Waals surface area (Å²) >= 11 is 0. The SMILES string of the molecule is CN(CC1CC1)c1cn[nH]c1. The molecule has 0 amide bonds. The van der Waals surface area contributed by atoms with Crippen molar-refractivity contribution in [3.63, 3.8) is 0 Å². The van der Waals surface area contributed by atoms with E-state index in [1.54, 1.807) is 0 Å². The Kier molecular flexibility index (Phi) is 1.56. The minimum atomic E-state index is 0.940. The van der Waals surface area contributed by atoms with E-state index in [1.165, 1.54) is 25.1 Å². The third-order valence-electron chi connectivity index (χ3n) is 2.15. The molecule has 0 atom stereocenters. The Morgan fingerprint density at radius 1 is 1.73 bits per heavy atom. The molecule has 1 aliphatic rings. The number of anilines is 1. The van der Waals surface area contributed by atoms with Crippen molar-refractivity contribution in [3.8, 4) is 0 Å². The highest BCUT2D eigenvalue weighted by atomic mass is 15.2. The molecule has 0 aromatic carbocycles. The van der Waals surface area contributed by atoms with Crippen molar-refractivity contribution < 1.29 is 0 Å². The summed E-state index contributed by atoms with van der Waals surface area (Å²) in [5.41, 5.74) is 1.19. The zero-order valence-corrected chi connectivity index (χ0v) is 6.75. The van der Waals surface area contributed by atoms with Gasteiger partial charge < -0.3 is 4.90 Å². The number of nitrogens with one attached hydrogen (secondary N) is 1. The molecule has 0 unspecified atom stereocenters. The zero-order valence-electron chi connectivity index (χ0n) is 6.75. The standard InChI is InChI=1S/C8H13N3/c1-11(6-7-2-3-7)8-4-9-10-5-8/h4-5,7H,2-3,6H2,1H3,(H,9,10). The Bertz CT molecular complexity index is 213. The smallest absolute Gasteiger partial charge is 0.0747 e. The Morgan fingerprint density at radius 2 is 2.55 bits per heavy atom. The highest BCUT2D eigenvalue weighted by molar-refractivity contribution is 5.40. The molecule has 1 fully saturated rings. The molecule has 0 spiro atoms. The number of hydrogen-bond acceptors (Lipinski definition) is 2. The molecule has 1 N–H and O–H groups in total. The summed E-state index contributed by atoms with van der Waals surface area (Å²) < 4.78 is 0. The Balaban J connectivity index is 1.93. The molecule has 0 saturated heterocycles. The summed E-state index contributed by atoms with van der Waals surface area (Å²) in [5.74, 6) is 0.940. The Hall–Kier alpha value is -0.990. The summed E-state index contributed by atoms with van der Waals surface area (Å²) in [6.45, 7) is 1.18. The monoisotopic (exact) mass is 151 g/mol. The number of aromatic amines is 1. The highest BCUT2D eigenvalue weighted by Crippen LogP contribution is 2.30. The average molecular weight is 151 g/mol. The molecular formula is C8H13N3. The normalized spacial score (nSPS) is 16.8. The van der Waals surface area contributed by atoms with E-state index in [9.17, 15) is 0 Å². The summed E-state index contributed by atoms with van der Waals surface area (Å²) in [6, 6.07) is 0. The van der Waals surface area contributed by atoms with Crippen LogP contribution in [-0.2, 0) is 0 Å². The van der Waals surface area contributed by atoms with Crippen LogP contribution in [0.1, 0.15) is 12.8 Å². The van der Waals surface area contributed by atoms with E-state index in [2.05, 4.69) is 22.1 Å². The Labute approximate surface area is 66.4 Å². The Morgan fingerprint density at radius 3 is 3.09 bits per heavy atom. The van der Waals surface area contributed by atoms with Gasteiger partial charge in [-0.05, 0) is 18.8 Å². The second kappa shape index (κ2) is 2.57. The van der Waals surface area contributed by atoms with Crippen molar-refractivity contribution in [2.75, 3.05) is 18.5 Å². The van der Waals surface area contributed by atoms with Gasteiger partial charge in [-0.25, -0.2) is 0 Å². The molecule has 1 aromatic heterocycles. The van der Waals surface area contributed by atoms with Crippen molar-refractivity contribution >= 4 is 5.69 Å². The van der Waals surface area contributed by atoms with Gasteiger partial charge in [0, 0.05) is 19.8 Å². The fourth-order valence-electron chi connectivity index (χ4n) is 1.25. The molecule has 3 heteroatoms.